The molecule has 6 rings (SSSR count). The number of carbonyl (C=O) groups excluding carboxylic acids is 1. The van der Waals surface area contributed by atoms with Crippen LogP contribution in [-0.4, -0.2) is 74.9 Å². The molecule has 1 aliphatic heterocycles. The molecule has 4 aromatic rings. The molecule has 0 spiro atoms. The molecule has 1 aliphatic carbocycles. The van der Waals surface area contributed by atoms with Crippen molar-refractivity contribution in [1.29, 1.82) is 0 Å². The Bertz CT molecular complexity index is 1640. The number of methoxy groups -OCH3 is 1. The monoisotopic (exact) mass is 612 g/mol. The number of nitrogens with zero attached hydrogens (tertiary/aromatic N) is 5. The largest absolute Gasteiger partial charge is 0.493 e. The van der Waals surface area contributed by atoms with Crippen molar-refractivity contribution >= 4 is 22.9 Å². The van der Waals surface area contributed by atoms with Crippen LogP contribution in [0.5, 0.6) is 17.2 Å². The lowest BCUT2D eigenvalue weighted by molar-refractivity contribution is -0.00810. The van der Waals surface area contributed by atoms with Crippen molar-refractivity contribution in [3.8, 4) is 28.4 Å². The SMILES string of the molecule is COc1cc(-c2cn([C@H]3CC[C@H](N4CCN(C(=O)OC(C)(C)C)[C@@H](C)C4)CC3)c3ncnc(N)c23)ccc1Oc1ccccc1. The minimum Gasteiger partial charge on any atom is -0.493 e. The fourth-order valence-corrected chi connectivity index (χ4v) is 6.75. The minimum absolute atomic E-state index is 0.114. The number of hydrogen-bond acceptors (Lipinski definition) is 8. The third-order valence-electron chi connectivity index (χ3n) is 8.95. The van der Waals surface area contributed by atoms with Crippen molar-refractivity contribution in [2.75, 3.05) is 32.5 Å². The summed E-state index contributed by atoms with van der Waals surface area (Å²) in [6.45, 7) is 10.3. The van der Waals surface area contributed by atoms with E-state index in [1.807, 2.05) is 74.2 Å². The Balaban J connectivity index is 1.18. The molecule has 2 aromatic carbocycles. The molecule has 1 atom stereocenters. The highest BCUT2D eigenvalue weighted by Crippen LogP contribution is 2.42. The number of para-hydroxylation sites is 1. The lowest BCUT2D eigenvalue weighted by Gasteiger charge is -2.45. The average molecular weight is 613 g/mol. The molecule has 2 aromatic heterocycles. The lowest BCUT2D eigenvalue weighted by Crippen LogP contribution is -2.57. The van der Waals surface area contributed by atoms with E-state index in [1.54, 1.807) is 13.4 Å². The van der Waals surface area contributed by atoms with Gasteiger partial charge in [0, 0.05) is 49.5 Å². The zero-order chi connectivity index (χ0) is 31.7. The van der Waals surface area contributed by atoms with Crippen molar-refractivity contribution < 1.29 is 19.0 Å². The Morgan fingerprint density at radius 3 is 2.38 bits per heavy atom. The summed E-state index contributed by atoms with van der Waals surface area (Å²) in [7, 11) is 1.65. The Hall–Kier alpha value is -4.31. The number of piperazine rings is 1. The van der Waals surface area contributed by atoms with Crippen LogP contribution >= 0.6 is 0 Å². The molecule has 1 saturated heterocycles. The van der Waals surface area contributed by atoms with E-state index in [2.05, 4.69) is 27.6 Å². The van der Waals surface area contributed by atoms with Crippen LogP contribution in [0, 0.1) is 0 Å². The summed E-state index contributed by atoms with van der Waals surface area (Å²) in [6.07, 6.45) is 7.74. The molecule has 0 unspecified atom stereocenters. The normalized spacial score (nSPS) is 21.1. The summed E-state index contributed by atoms with van der Waals surface area (Å²) < 4.78 is 19.8. The maximum Gasteiger partial charge on any atom is 0.410 e. The molecule has 2 aliphatic rings. The average Bonchev–Trinajstić information content (AvgIpc) is 3.42. The van der Waals surface area contributed by atoms with E-state index >= 15 is 0 Å². The highest BCUT2D eigenvalue weighted by atomic mass is 16.6. The third kappa shape index (κ3) is 6.56. The quantitative estimate of drug-likeness (QED) is 0.250. The first-order valence-corrected chi connectivity index (χ1v) is 15.9. The molecular formula is C35H44N6O4. The smallest absolute Gasteiger partial charge is 0.410 e. The van der Waals surface area contributed by atoms with Gasteiger partial charge < -0.3 is 29.4 Å². The van der Waals surface area contributed by atoms with Crippen LogP contribution < -0.4 is 15.2 Å². The van der Waals surface area contributed by atoms with Gasteiger partial charge in [-0.25, -0.2) is 14.8 Å². The van der Waals surface area contributed by atoms with Crippen LogP contribution in [0.4, 0.5) is 10.6 Å². The van der Waals surface area contributed by atoms with Crippen molar-refractivity contribution in [1.82, 2.24) is 24.3 Å². The fraction of sp³-hybridized carbons (Fsp3) is 0.457. The molecule has 10 nitrogen and oxygen atoms in total. The summed E-state index contributed by atoms with van der Waals surface area (Å²) in [5.41, 5.74) is 8.77. The van der Waals surface area contributed by atoms with E-state index in [4.69, 9.17) is 24.9 Å². The summed E-state index contributed by atoms with van der Waals surface area (Å²) >= 11 is 0. The number of nitrogen functional groups attached to an aromatic ring is 1. The van der Waals surface area contributed by atoms with E-state index in [-0.39, 0.29) is 12.1 Å². The van der Waals surface area contributed by atoms with Gasteiger partial charge in [0.1, 0.15) is 29.1 Å². The van der Waals surface area contributed by atoms with Crippen LogP contribution in [0.25, 0.3) is 22.2 Å². The van der Waals surface area contributed by atoms with E-state index in [0.29, 0.717) is 35.9 Å². The predicted octanol–water partition coefficient (Wildman–Crippen LogP) is 6.91. The number of amides is 1. The maximum absolute atomic E-state index is 12.7. The van der Waals surface area contributed by atoms with Gasteiger partial charge in [0.2, 0.25) is 0 Å². The van der Waals surface area contributed by atoms with E-state index in [1.165, 1.54) is 0 Å². The molecule has 2 fully saturated rings. The van der Waals surface area contributed by atoms with Crippen molar-refractivity contribution in [3.05, 3.63) is 61.1 Å². The van der Waals surface area contributed by atoms with Crippen LogP contribution in [0.15, 0.2) is 61.1 Å². The van der Waals surface area contributed by atoms with E-state index in [0.717, 1.165) is 66.7 Å². The zero-order valence-corrected chi connectivity index (χ0v) is 26.9. The second-order valence-corrected chi connectivity index (χ2v) is 13.2. The van der Waals surface area contributed by atoms with Gasteiger partial charge in [-0.2, -0.15) is 0 Å². The Kier molecular flexibility index (Phi) is 8.59. The number of fused-ring (bicyclic) bond motifs is 1. The van der Waals surface area contributed by atoms with Crippen molar-refractivity contribution in [2.45, 2.75) is 77.1 Å². The standard InChI is InChI=1S/C35H44N6O4/c1-23-20-39(17-18-40(23)34(42)45-35(2,3)4)25-12-14-26(15-13-25)41-21-28(31-32(36)37-22-38-33(31)41)24-11-16-29(30(19-24)43-5)44-27-9-7-6-8-10-27/h6-11,16,19,21-23,25-26H,12-15,17-18,20H2,1-5H3,(H2,36,37,38)/t23-,25-,26-/m0/s1. The van der Waals surface area contributed by atoms with Crippen LogP contribution in [0.2, 0.25) is 0 Å². The second kappa shape index (κ2) is 12.6. The number of ether oxygens (including phenoxy) is 3. The Labute approximate surface area is 265 Å². The summed E-state index contributed by atoms with van der Waals surface area (Å²) in [4.78, 5) is 26.2. The second-order valence-electron chi connectivity index (χ2n) is 13.2. The van der Waals surface area contributed by atoms with E-state index < -0.39 is 5.60 Å². The molecule has 45 heavy (non-hydrogen) atoms. The Morgan fingerprint density at radius 1 is 0.956 bits per heavy atom. The number of carbonyl (C=O) groups is 1. The Morgan fingerprint density at radius 2 is 1.69 bits per heavy atom. The van der Waals surface area contributed by atoms with Crippen LogP contribution in [0.1, 0.15) is 59.4 Å². The number of rotatable bonds is 6. The minimum atomic E-state index is -0.489. The molecule has 3 heterocycles. The topological polar surface area (TPSA) is 108 Å². The van der Waals surface area contributed by atoms with Gasteiger partial charge >= 0.3 is 6.09 Å². The third-order valence-corrected chi connectivity index (χ3v) is 8.95. The van der Waals surface area contributed by atoms with Gasteiger partial charge in [0.25, 0.3) is 0 Å². The highest BCUT2D eigenvalue weighted by Gasteiger charge is 2.35. The molecule has 0 bridgehead atoms. The summed E-state index contributed by atoms with van der Waals surface area (Å²) in [5, 5.41) is 0.852. The van der Waals surface area contributed by atoms with E-state index in [9.17, 15) is 4.79 Å². The number of hydrogen-bond donors (Lipinski definition) is 1. The van der Waals surface area contributed by atoms with Crippen molar-refractivity contribution in [2.24, 2.45) is 0 Å². The number of anilines is 1. The fourth-order valence-electron chi connectivity index (χ4n) is 6.75. The number of benzene rings is 2. The molecule has 2 N–H and O–H groups in total. The first kappa shape index (κ1) is 30.7. The predicted molar refractivity (Wildman–Crippen MR) is 176 cm³/mol. The first-order valence-electron chi connectivity index (χ1n) is 15.9. The molecule has 238 valence electrons. The van der Waals surface area contributed by atoms with Gasteiger partial charge in [-0.1, -0.05) is 24.3 Å². The number of nitrogens with two attached hydrogens (primary N) is 1. The van der Waals surface area contributed by atoms with Gasteiger partial charge in [0.15, 0.2) is 11.5 Å². The molecular weight excluding hydrogens is 568 g/mol. The molecule has 1 amide bonds. The van der Waals surface area contributed by atoms with Crippen molar-refractivity contribution in [3.63, 3.8) is 0 Å². The number of aromatic nitrogens is 3. The molecule has 0 radical (unpaired) electrons. The van der Waals surface area contributed by atoms with Gasteiger partial charge in [-0.3, -0.25) is 4.90 Å². The van der Waals surface area contributed by atoms with Crippen LogP contribution in [-0.2, 0) is 4.74 Å². The summed E-state index contributed by atoms with van der Waals surface area (Å²) in [5.74, 6) is 2.48. The highest BCUT2D eigenvalue weighted by molar-refractivity contribution is 6.01. The molecule has 10 heteroatoms. The first-order chi connectivity index (χ1) is 21.6. The molecule has 1 saturated carbocycles. The van der Waals surface area contributed by atoms with Gasteiger partial charge in [-0.05, 0) is 83.2 Å². The van der Waals surface area contributed by atoms with Crippen LogP contribution in [0.3, 0.4) is 0 Å². The summed E-state index contributed by atoms with van der Waals surface area (Å²) in [6, 6.07) is 16.5. The maximum atomic E-state index is 12.7. The zero-order valence-electron chi connectivity index (χ0n) is 26.9. The van der Waals surface area contributed by atoms with Gasteiger partial charge in [-0.15, -0.1) is 0 Å². The van der Waals surface area contributed by atoms with Gasteiger partial charge in [0.05, 0.1) is 12.5 Å². The lowest BCUT2D eigenvalue weighted by atomic mass is 9.89.